The molecule has 0 spiro atoms. The summed E-state index contributed by atoms with van der Waals surface area (Å²) >= 11 is 5.92. The zero-order chi connectivity index (χ0) is 17.7. The summed E-state index contributed by atoms with van der Waals surface area (Å²) in [6.45, 7) is 0. The molecule has 1 atom stereocenters. The molecule has 0 aliphatic carbocycles. The number of rotatable bonds is 5. The normalized spacial score (nSPS) is 13.0. The summed E-state index contributed by atoms with van der Waals surface area (Å²) in [6.07, 6.45) is 5.54. The predicted molar refractivity (Wildman–Crippen MR) is 94.6 cm³/mol. The first-order valence-electron chi connectivity index (χ1n) is 7.82. The van der Waals surface area contributed by atoms with E-state index in [4.69, 9.17) is 11.6 Å². The molecule has 0 saturated carbocycles. The molecule has 1 unspecified atom stereocenters. The van der Waals surface area contributed by atoms with Gasteiger partial charge < -0.3 is 0 Å². The Labute approximate surface area is 150 Å². The molecule has 0 aliphatic rings. The van der Waals surface area contributed by atoms with Gasteiger partial charge in [-0.25, -0.2) is 14.4 Å². The molecule has 0 N–H and O–H groups in total. The molecule has 3 nitrogen and oxygen atoms in total. The molecular formula is C20H15ClFN3. The van der Waals surface area contributed by atoms with Gasteiger partial charge in [0.2, 0.25) is 0 Å². The summed E-state index contributed by atoms with van der Waals surface area (Å²) in [6, 6.07) is 16.1. The van der Waals surface area contributed by atoms with Gasteiger partial charge >= 0.3 is 0 Å². The van der Waals surface area contributed by atoms with Crippen LogP contribution >= 0.6 is 11.6 Å². The molecule has 0 saturated heterocycles. The van der Waals surface area contributed by atoms with Crippen molar-refractivity contribution in [3.05, 3.63) is 94.8 Å². The standard InChI is InChI=1S/C20H15ClFN3/c21-17-7-5-15(6-8-17)9-10-20(13-23,16-11-24-14-25-12-16)18-3-1-2-4-19(18)22/h1-8,11-12,14H,9-10H2. The molecule has 1 aromatic heterocycles. The molecule has 0 radical (unpaired) electrons. The minimum atomic E-state index is -1.16. The Morgan fingerprint density at radius 3 is 2.36 bits per heavy atom. The number of aryl methyl sites for hydroxylation is 1. The highest BCUT2D eigenvalue weighted by Crippen LogP contribution is 2.37. The van der Waals surface area contributed by atoms with E-state index in [0.717, 1.165) is 5.56 Å². The van der Waals surface area contributed by atoms with Crippen LogP contribution in [-0.4, -0.2) is 9.97 Å². The van der Waals surface area contributed by atoms with Crippen molar-refractivity contribution in [3.8, 4) is 6.07 Å². The van der Waals surface area contributed by atoms with Crippen molar-refractivity contribution in [3.63, 3.8) is 0 Å². The molecule has 3 aromatic rings. The van der Waals surface area contributed by atoms with Gasteiger partial charge in [0.1, 0.15) is 17.6 Å². The van der Waals surface area contributed by atoms with Crippen molar-refractivity contribution in [2.75, 3.05) is 0 Å². The molecule has 5 heteroatoms. The third-order valence-corrected chi connectivity index (χ3v) is 4.53. The second-order valence-corrected chi connectivity index (χ2v) is 6.19. The van der Waals surface area contributed by atoms with Gasteiger partial charge in [0.25, 0.3) is 0 Å². The first-order chi connectivity index (χ1) is 12.2. The smallest absolute Gasteiger partial charge is 0.128 e. The van der Waals surface area contributed by atoms with Gasteiger partial charge in [0, 0.05) is 28.5 Å². The molecule has 0 bridgehead atoms. The number of benzene rings is 2. The molecule has 2 aromatic carbocycles. The second-order valence-electron chi connectivity index (χ2n) is 5.75. The number of nitriles is 1. The minimum absolute atomic E-state index is 0.335. The Bertz CT molecular complexity index is 891. The van der Waals surface area contributed by atoms with Crippen LogP contribution in [0.5, 0.6) is 0 Å². The van der Waals surface area contributed by atoms with Crippen LogP contribution < -0.4 is 0 Å². The van der Waals surface area contributed by atoms with Gasteiger partial charge in [-0.3, -0.25) is 0 Å². The van der Waals surface area contributed by atoms with Crippen LogP contribution in [0.1, 0.15) is 23.1 Å². The van der Waals surface area contributed by atoms with Crippen molar-refractivity contribution < 1.29 is 4.39 Å². The fraction of sp³-hybridized carbons (Fsp3) is 0.150. The van der Waals surface area contributed by atoms with E-state index in [9.17, 15) is 9.65 Å². The van der Waals surface area contributed by atoms with Crippen molar-refractivity contribution in [1.29, 1.82) is 5.26 Å². The number of aromatic nitrogens is 2. The van der Waals surface area contributed by atoms with Crippen molar-refractivity contribution >= 4 is 11.6 Å². The Balaban J connectivity index is 2.04. The lowest BCUT2D eigenvalue weighted by molar-refractivity contribution is 0.529. The third kappa shape index (κ3) is 3.52. The zero-order valence-electron chi connectivity index (χ0n) is 13.4. The van der Waals surface area contributed by atoms with Crippen LogP contribution in [0, 0.1) is 17.1 Å². The Morgan fingerprint density at radius 1 is 1.04 bits per heavy atom. The van der Waals surface area contributed by atoms with Crippen LogP contribution in [-0.2, 0) is 11.8 Å². The first-order valence-corrected chi connectivity index (χ1v) is 8.20. The molecule has 124 valence electrons. The highest BCUT2D eigenvalue weighted by Gasteiger charge is 2.37. The minimum Gasteiger partial charge on any atom is -0.244 e. The first kappa shape index (κ1) is 17.1. The third-order valence-electron chi connectivity index (χ3n) is 4.28. The number of hydrogen-bond donors (Lipinski definition) is 0. The van der Waals surface area contributed by atoms with E-state index in [0.29, 0.717) is 29.0 Å². The highest BCUT2D eigenvalue weighted by atomic mass is 35.5. The van der Waals surface area contributed by atoms with E-state index >= 15 is 0 Å². The van der Waals surface area contributed by atoms with E-state index in [-0.39, 0.29) is 0 Å². The summed E-state index contributed by atoms with van der Waals surface area (Å²) < 4.78 is 14.5. The number of hydrogen-bond acceptors (Lipinski definition) is 3. The predicted octanol–water partition coefficient (Wildman–Crippen LogP) is 4.71. The lowest BCUT2D eigenvalue weighted by Gasteiger charge is -2.27. The van der Waals surface area contributed by atoms with Crippen molar-refractivity contribution in [1.82, 2.24) is 9.97 Å². The van der Waals surface area contributed by atoms with Gasteiger partial charge in [0.05, 0.1) is 6.07 Å². The van der Waals surface area contributed by atoms with Crippen LogP contribution in [0.4, 0.5) is 4.39 Å². The highest BCUT2D eigenvalue weighted by molar-refractivity contribution is 6.30. The van der Waals surface area contributed by atoms with Gasteiger partial charge in [-0.05, 0) is 36.6 Å². The molecule has 0 aliphatic heterocycles. The van der Waals surface area contributed by atoms with E-state index in [1.54, 1.807) is 42.7 Å². The van der Waals surface area contributed by atoms with Gasteiger partial charge in [0.15, 0.2) is 0 Å². The monoisotopic (exact) mass is 351 g/mol. The van der Waals surface area contributed by atoms with Gasteiger partial charge in [-0.2, -0.15) is 5.26 Å². The van der Waals surface area contributed by atoms with Crippen molar-refractivity contribution in [2.24, 2.45) is 0 Å². The lowest BCUT2D eigenvalue weighted by atomic mass is 9.72. The van der Waals surface area contributed by atoms with Crippen LogP contribution in [0.25, 0.3) is 0 Å². The van der Waals surface area contributed by atoms with E-state index < -0.39 is 11.2 Å². The molecule has 3 rings (SSSR count). The summed E-state index contributed by atoms with van der Waals surface area (Å²) in [5.74, 6) is -0.413. The number of halogens is 2. The second kappa shape index (κ2) is 7.42. The molecule has 0 amide bonds. The molecular weight excluding hydrogens is 337 g/mol. The zero-order valence-corrected chi connectivity index (χ0v) is 14.1. The van der Waals surface area contributed by atoms with Crippen molar-refractivity contribution in [2.45, 2.75) is 18.3 Å². The van der Waals surface area contributed by atoms with E-state index in [1.807, 2.05) is 12.1 Å². The maximum atomic E-state index is 14.5. The topological polar surface area (TPSA) is 49.6 Å². The maximum Gasteiger partial charge on any atom is 0.128 e. The number of nitrogens with zero attached hydrogens (tertiary/aromatic N) is 3. The lowest BCUT2D eigenvalue weighted by Crippen LogP contribution is -2.28. The maximum absolute atomic E-state index is 14.5. The SMILES string of the molecule is N#CC(CCc1ccc(Cl)cc1)(c1cncnc1)c1ccccc1F. The van der Waals surface area contributed by atoms with Gasteiger partial charge in [-0.15, -0.1) is 0 Å². The van der Waals surface area contributed by atoms with E-state index in [2.05, 4.69) is 16.0 Å². The molecule has 1 heterocycles. The Morgan fingerprint density at radius 2 is 1.72 bits per heavy atom. The average molecular weight is 352 g/mol. The average Bonchev–Trinajstić information content (AvgIpc) is 2.66. The van der Waals surface area contributed by atoms with Crippen LogP contribution in [0.3, 0.4) is 0 Å². The summed E-state index contributed by atoms with van der Waals surface area (Å²) in [4.78, 5) is 8.04. The molecule has 0 fully saturated rings. The van der Waals surface area contributed by atoms with Crippen LogP contribution in [0.2, 0.25) is 5.02 Å². The quantitative estimate of drug-likeness (QED) is 0.668. The molecule has 25 heavy (non-hydrogen) atoms. The fourth-order valence-electron chi connectivity index (χ4n) is 2.92. The Hall–Kier alpha value is -2.77. The Kier molecular flexibility index (Phi) is 5.06. The largest absolute Gasteiger partial charge is 0.244 e. The van der Waals surface area contributed by atoms with E-state index in [1.165, 1.54) is 12.4 Å². The summed E-state index contributed by atoms with van der Waals surface area (Å²) in [7, 11) is 0. The fourth-order valence-corrected chi connectivity index (χ4v) is 3.05. The van der Waals surface area contributed by atoms with Gasteiger partial charge in [-0.1, -0.05) is 41.9 Å². The summed E-state index contributed by atoms with van der Waals surface area (Å²) in [5.41, 5.74) is 0.779. The summed E-state index contributed by atoms with van der Waals surface area (Å²) in [5, 5.41) is 10.7. The van der Waals surface area contributed by atoms with Crippen LogP contribution in [0.15, 0.2) is 67.3 Å².